The topological polar surface area (TPSA) is 81.2 Å². The molecule has 0 N–H and O–H groups in total. The van der Waals surface area contributed by atoms with E-state index in [1.807, 2.05) is 12.1 Å². The minimum Gasteiger partial charge on any atom is -0.485 e. The molecule has 7 heteroatoms. The molecule has 0 radical (unpaired) electrons. The van der Waals surface area contributed by atoms with Crippen molar-refractivity contribution in [1.29, 1.82) is 5.26 Å². The SMILES string of the molecule is N#CCc1ccc(OCc2nc(COc3ccc(F)cc3)no2)cc1. The summed E-state index contributed by atoms with van der Waals surface area (Å²) in [5.74, 6) is 1.52. The van der Waals surface area contributed by atoms with E-state index >= 15 is 0 Å². The van der Waals surface area contributed by atoms with E-state index in [0.717, 1.165) is 5.56 Å². The second kappa shape index (κ2) is 7.93. The van der Waals surface area contributed by atoms with Gasteiger partial charge in [0.05, 0.1) is 12.5 Å². The molecule has 25 heavy (non-hydrogen) atoms. The Bertz CT molecular complexity index is 855. The monoisotopic (exact) mass is 339 g/mol. The quantitative estimate of drug-likeness (QED) is 0.656. The molecule has 0 spiro atoms. The van der Waals surface area contributed by atoms with Gasteiger partial charge >= 0.3 is 0 Å². The number of hydrogen-bond donors (Lipinski definition) is 0. The van der Waals surface area contributed by atoms with Crippen LogP contribution in [0.1, 0.15) is 17.3 Å². The number of halogens is 1. The summed E-state index contributed by atoms with van der Waals surface area (Å²) in [4.78, 5) is 4.16. The summed E-state index contributed by atoms with van der Waals surface area (Å²) in [5, 5.41) is 12.4. The molecule has 0 aliphatic carbocycles. The molecule has 0 atom stereocenters. The number of nitrogens with zero attached hydrogens (tertiary/aromatic N) is 3. The van der Waals surface area contributed by atoms with Gasteiger partial charge in [0, 0.05) is 0 Å². The number of hydrogen-bond acceptors (Lipinski definition) is 6. The maximum Gasteiger partial charge on any atom is 0.264 e. The lowest BCUT2D eigenvalue weighted by atomic mass is 10.2. The Kier molecular flexibility index (Phi) is 5.22. The van der Waals surface area contributed by atoms with Gasteiger partial charge in [-0.2, -0.15) is 10.2 Å². The molecule has 2 aromatic carbocycles. The zero-order valence-electron chi connectivity index (χ0n) is 13.2. The van der Waals surface area contributed by atoms with Crippen LogP contribution in [-0.4, -0.2) is 10.1 Å². The van der Waals surface area contributed by atoms with Crippen molar-refractivity contribution >= 4 is 0 Å². The first-order valence-electron chi connectivity index (χ1n) is 7.51. The van der Waals surface area contributed by atoms with Gasteiger partial charge in [-0.25, -0.2) is 4.39 Å². The first-order chi connectivity index (χ1) is 12.2. The molecule has 0 bridgehead atoms. The molecule has 1 aromatic heterocycles. The van der Waals surface area contributed by atoms with E-state index in [1.54, 1.807) is 12.1 Å². The van der Waals surface area contributed by atoms with Crippen LogP contribution in [0.3, 0.4) is 0 Å². The maximum atomic E-state index is 12.8. The Balaban J connectivity index is 1.49. The number of rotatable bonds is 7. The van der Waals surface area contributed by atoms with Gasteiger partial charge in [-0.05, 0) is 42.0 Å². The molecule has 0 fully saturated rings. The summed E-state index contributed by atoms with van der Waals surface area (Å²) in [7, 11) is 0. The molecular weight excluding hydrogens is 325 g/mol. The molecule has 1 heterocycles. The average molecular weight is 339 g/mol. The van der Waals surface area contributed by atoms with Crippen molar-refractivity contribution < 1.29 is 18.4 Å². The lowest BCUT2D eigenvalue weighted by molar-refractivity contribution is 0.240. The summed E-state index contributed by atoms with van der Waals surface area (Å²) in [6, 6.07) is 15.0. The molecule has 0 saturated heterocycles. The molecule has 0 aliphatic heterocycles. The van der Waals surface area contributed by atoms with Crippen molar-refractivity contribution in [2.45, 2.75) is 19.6 Å². The van der Waals surface area contributed by atoms with Crippen molar-refractivity contribution in [3.05, 3.63) is 71.6 Å². The van der Waals surface area contributed by atoms with Gasteiger partial charge in [0.15, 0.2) is 13.2 Å². The second-order valence-electron chi connectivity index (χ2n) is 5.11. The molecule has 126 valence electrons. The van der Waals surface area contributed by atoms with Gasteiger partial charge in [-0.1, -0.05) is 17.3 Å². The molecule has 0 aliphatic rings. The Morgan fingerprint density at radius 2 is 1.60 bits per heavy atom. The minimum atomic E-state index is -0.327. The van der Waals surface area contributed by atoms with Crippen LogP contribution < -0.4 is 9.47 Å². The molecule has 3 aromatic rings. The summed E-state index contributed by atoms with van der Waals surface area (Å²) >= 11 is 0. The van der Waals surface area contributed by atoms with Crippen LogP contribution >= 0.6 is 0 Å². The first-order valence-corrected chi connectivity index (χ1v) is 7.51. The molecule has 0 saturated carbocycles. The predicted octanol–water partition coefficient (Wildman–Crippen LogP) is 3.43. The highest BCUT2D eigenvalue weighted by atomic mass is 19.1. The number of ether oxygens (including phenoxy) is 2. The van der Waals surface area contributed by atoms with E-state index in [1.165, 1.54) is 24.3 Å². The maximum absolute atomic E-state index is 12.8. The zero-order valence-corrected chi connectivity index (χ0v) is 13.2. The highest BCUT2D eigenvalue weighted by Gasteiger charge is 2.08. The van der Waals surface area contributed by atoms with Crippen molar-refractivity contribution in [2.24, 2.45) is 0 Å². The lowest BCUT2D eigenvalue weighted by Crippen LogP contribution is -1.99. The van der Waals surface area contributed by atoms with Crippen molar-refractivity contribution in [1.82, 2.24) is 10.1 Å². The van der Waals surface area contributed by atoms with Crippen molar-refractivity contribution in [3.8, 4) is 17.6 Å². The fourth-order valence-electron chi connectivity index (χ4n) is 2.03. The Labute approximate surface area is 143 Å². The normalized spacial score (nSPS) is 10.2. The molecule has 6 nitrogen and oxygen atoms in total. The highest BCUT2D eigenvalue weighted by Crippen LogP contribution is 2.15. The molecular formula is C18H14FN3O3. The van der Waals surface area contributed by atoms with Gasteiger partial charge in [0.25, 0.3) is 5.89 Å². The summed E-state index contributed by atoms with van der Waals surface area (Å²) < 4.78 is 28.9. The average Bonchev–Trinajstić information content (AvgIpc) is 3.09. The smallest absolute Gasteiger partial charge is 0.264 e. The Hall–Kier alpha value is -3.40. The number of aromatic nitrogens is 2. The van der Waals surface area contributed by atoms with E-state index in [-0.39, 0.29) is 19.0 Å². The van der Waals surface area contributed by atoms with Gasteiger partial charge in [-0.3, -0.25) is 0 Å². The summed E-state index contributed by atoms with van der Waals surface area (Å²) in [6.45, 7) is 0.235. The third kappa shape index (κ3) is 4.78. The van der Waals surface area contributed by atoms with E-state index in [9.17, 15) is 4.39 Å². The fraction of sp³-hybridized carbons (Fsp3) is 0.167. The van der Waals surface area contributed by atoms with Crippen LogP contribution in [0, 0.1) is 17.1 Å². The zero-order chi connectivity index (χ0) is 17.5. The Morgan fingerprint density at radius 3 is 2.28 bits per heavy atom. The van der Waals surface area contributed by atoms with Gasteiger partial charge in [0.2, 0.25) is 5.82 Å². The highest BCUT2D eigenvalue weighted by molar-refractivity contribution is 5.28. The molecule has 3 rings (SSSR count). The minimum absolute atomic E-state index is 0.109. The third-order valence-corrected chi connectivity index (χ3v) is 3.26. The van der Waals surface area contributed by atoms with E-state index in [0.29, 0.717) is 29.6 Å². The van der Waals surface area contributed by atoms with E-state index in [4.69, 9.17) is 19.3 Å². The summed E-state index contributed by atoms with van der Waals surface area (Å²) in [5.41, 5.74) is 0.924. The third-order valence-electron chi connectivity index (χ3n) is 3.26. The second-order valence-corrected chi connectivity index (χ2v) is 5.11. The number of benzene rings is 2. The van der Waals surface area contributed by atoms with Gasteiger partial charge in [-0.15, -0.1) is 0 Å². The largest absolute Gasteiger partial charge is 0.485 e. The van der Waals surface area contributed by atoms with Crippen LogP contribution in [0.15, 0.2) is 53.1 Å². The number of nitriles is 1. The fourth-order valence-corrected chi connectivity index (χ4v) is 2.03. The van der Waals surface area contributed by atoms with Gasteiger partial charge < -0.3 is 14.0 Å². The van der Waals surface area contributed by atoms with Crippen molar-refractivity contribution in [2.75, 3.05) is 0 Å². The van der Waals surface area contributed by atoms with Crippen LogP contribution in [0.25, 0.3) is 0 Å². The lowest BCUT2D eigenvalue weighted by Gasteiger charge is -2.03. The molecule has 0 amide bonds. The van der Waals surface area contributed by atoms with Crippen LogP contribution in [-0.2, 0) is 19.6 Å². The molecule has 0 unspecified atom stereocenters. The standard InChI is InChI=1S/C18H14FN3O3/c19-14-3-7-16(8-4-14)23-11-17-21-18(25-22-17)12-24-15-5-1-13(2-6-15)9-10-20/h1-8H,9,11-12H2. The van der Waals surface area contributed by atoms with Crippen LogP contribution in [0.2, 0.25) is 0 Å². The first kappa shape index (κ1) is 16.5. The summed E-state index contributed by atoms with van der Waals surface area (Å²) in [6.07, 6.45) is 0.362. The van der Waals surface area contributed by atoms with Crippen molar-refractivity contribution in [3.63, 3.8) is 0 Å². The van der Waals surface area contributed by atoms with E-state index < -0.39 is 0 Å². The predicted molar refractivity (Wildman–Crippen MR) is 85.1 cm³/mol. The van der Waals surface area contributed by atoms with Crippen LogP contribution in [0.5, 0.6) is 11.5 Å². The van der Waals surface area contributed by atoms with E-state index in [2.05, 4.69) is 16.2 Å². The Morgan fingerprint density at radius 1 is 0.960 bits per heavy atom. The van der Waals surface area contributed by atoms with Gasteiger partial charge in [0.1, 0.15) is 17.3 Å². The van der Waals surface area contributed by atoms with Crippen LogP contribution in [0.4, 0.5) is 4.39 Å².